The highest BCUT2D eigenvalue weighted by Gasteiger charge is 2.32. The van der Waals surface area contributed by atoms with Crippen molar-refractivity contribution in [1.29, 1.82) is 0 Å². The molecular weight excluding hydrogens is 404 g/mol. The van der Waals surface area contributed by atoms with E-state index in [1.165, 1.54) is 4.31 Å². The number of carbonyl (C=O) groups is 1. The lowest BCUT2D eigenvalue weighted by atomic mass is 10.1. The van der Waals surface area contributed by atoms with Gasteiger partial charge in [-0.25, -0.2) is 17.2 Å². The van der Waals surface area contributed by atoms with Gasteiger partial charge in [-0.05, 0) is 50.5 Å². The Kier molecular flexibility index (Phi) is 6.33. The summed E-state index contributed by atoms with van der Waals surface area (Å²) < 4.78 is 59.2. The van der Waals surface area contributed by atoms with E-state index in [9.17, 15) is 22.0 Å². The average molecular weight is 427 g/mol. The van der Waals surface area contributed by atoms with Crippen molar-refractivity contribution in [3.05, 3.63) is 46.9 Å². The van der Waals surface area contributed by atoms with Crippen LogP contribution in [0.3, 0.4) is 0 Å². The van der Waals surface area contributed by atoms with Crippen LogP contribution in [-0.2, 0) is 21.2 Å². The van der Waals surface area contributed by atoms with Gasteiger partial charge in [0, 0.05) is 32.6 Å². The Balaban J connectivity index is 1.63. The summed E-state index contributed by atoms with van der Waals surface area (Å²) in [5, 5.41) is 3.71. The highest BCUT2D eigenvalue weighted by molar-refractivity contribution is 7.89. The lowest BCUT2D eigenvalue weighted by Crippen LogP contribution is -2.37. The highest BCUT2D eigenvalue weighted by atomic mass is 32.2. The zero-order chi connectivity index (χ0) is 21.2. The number of sulfonamides is 1. The Labute approximate surface area is 168 Å². The van der Waals surface area contributed by atoms with Gasteiger partial charge in [0.1, 0.15) is 22.2 Å². The van der Waals surface area contributed by atoms with Gasteiger partial charge < -0.3 is 9.42 Å². The number of hydrogen-bond acceptors (Lipinski definition) is 5. The number of aryl methyl sites for hydroxylation is 3. The third-order valence-corrected chi connectivity index (χ3v) is 7.13. The average Bonchev–Trinajstić information content (AvgIpc) is 2.87. The molecule has 0 aliphatic carbocycles. The minimum absolute atomic E-state index is 0.0248. The van der Waals surface area contributed by atoms with Gasteiger partial charge in [-0.1, -0.05) is 5.16 Å². The number of aromatic nitrogens is 1. The second-order valence-corrected chi connectivity index (χ2v) is 8.90. The Morgan fingerprint density at radius 3 is 2.62 bits per heavy atom. The van der Waals surface area contributed by atoms with Gasteiger partial charge in [0.15, 0.2) is 5.76 Å². The molecule has 158 valence electrons. The lowest BCUT2D eigenvalue weighted by molar-refractivity contribution is -0.131. The van der Waals surface area contributed by atoms with Crippen LogP contribution < -0.4 is 0 Å². The molecule has 1 aliphatic heterocycles. The Bertz CT molecular complexity index is 987. The van der Waals surface area contributed by atoms with Crippen molar-refractivity contribution in [2.45, 2.75) is 38.0 Å². The molecule has 0 spiro atoms. The summed E-state index contributed by atoms with van der Waals surface area (Å²) in [5.74, 6) is -1.09. The van der Waals surface area contributed by atoms with Gasteiger partial charge in [0.25, 0.3) is 0 Å². The van der Waals surface area contributed by atoms with Crippen LogP contribution in [0.25, 0.3) is 0 Å². The molecule has 1 aliphatic rings. The van der Waals surface area contributed by atoms with Gasteiger partial charge in [0.2, 0.25) is 15.9 Å². The quantitative estimate of drug-likeness (QED) is 0.732. The summed E-state index contributed by atoms with van der Waals surface area (Å²) >= 11 is 0. The van der Waals surface area contributed by atoms with Crippen molar-refractivity contribution >= 4 is 15.9 Å². The van der Waals surface area contributed by atoms with Crippen molar-refractivity contribution in [2.75, 3.05) is 26.2 Å². The molecule has 1 amide bonds. The number of halogens is 2. The van der Waals surface area contributed by atoms with Gasteiger partial charge in [-0.15, -0.1) is 0 Å². The Morgan fingerprint density at radius 2 is 1.93 bits per heavy atom. The fraction of sp³-hybridized carbons (Fsp3) is 0.474. The van der Waals surface area contributed by atoms with Crippen LogP contribution in [-0.4, -0.2) is 54.9 Å². The van der Waals surface area contributed by atoms with E-state index in [0.717, 1.165) is 18.2 Å². The normalized spacial score (nSPS) is 16.1. The molecule has 0 saturated carbocycles. The third kappa shape index (κ3) is 4.64. The summed E-state index contributed by atoms with van der Waals surface area (Å²) in [6.07, 6.45) is 0.583. The molecule has 1 fully saturated rings. The minimum Gasteiger partial charge on any atom is -0.360 e. The van der Waals surface area contributed by atoms with Crippen LogP contribution in [0, 0.1) is 25.5 Å². The van der Waals surface area contributed by atoms with E-state index in [-0.39, 0.29) is 54.6 Å². The summed E-state index contributed by atoms with van der Waals surface area (Å²) in [5.41, 5.74) is 0.451. The van der Waals surface area contributed by atoms with Crippen molar-refractivity contribution < 1.29 is 26.5 Å². The van der Waals surface area contributed by atoms with Crippen molar-refractivity contribution in [3.8, 4) is 0 Å². The van der Waals surface area contributed by atoms with E-state index in [2.05, 4.69) is 5.16 Å². The number of hydrogen-bond donors (Lipinski definition) is 0. The molecule has 1 saturated heterocycles. The van der Waals surface area contributed by atoms with Crippen molar-refractivity contribution in [1.82, 2.24) is 14.4 Å². The molecule has 29 heavy (non-hydrogen) atoms. The maximum atomic E-state index is 13.7. The standard InChI is InChI=1S/C19H23F2N3O4S/c1-13-19(14(2)28-22-13)29(26,27)24-9-3-8-23(10-11-24)18(25)7-4-15-12-16(20)5-6-17(15)21/h5-6,12H,3-4,7-11H2,1-2H3. The summed E-state index contributed by atoms with van der Waals surface area (Å²) in [4.78, 5) is 14.2. The second-order valence-electron chi connectivity index (χ2n) is 7.03. The monoisotopic (exact) mass is 427 g/mol. The predicted octanol–water partition coefficient (Wildman–Crippen LogP) is 2.43. The molecule has 2 aromatic rings. The number of rotatable bonds is 5. The maximum absolute atomic E-state index is 13.7. The SMILES string of the molecule is Cc1noc(C)c1S(=O)(=O)N1CCCN(C(=O)CCc2cc(F)ccc2F)CC1. The first-order valence-electron chi connectivity index (χ1n) is 9.35. The van der Waals surface area contributed by atoms with Crippen LogP contribution in [0.1, 0.15) is 29.9 Å². The molecule has 0 bridgehead atoms. The Morgan fingerprint density at radius 1 is 1.17 bits per heavy atom. The molecule has 0 atom stereocenters. The van der Waals surface area contributed by atoms with Gasteiger partial charge >= 0.3 is 0 Å². The van der Waals surface area contributed by atoms with Crippen LogP contribution in [0.4, 0.5) is 8.78 Å². The van der Waals surface area contributed by atoms with E-state index in [1.54, 1.807) is 18.7 Å². The zero-order valence-corrected chi connectivity index (χ0v) is 17.1. The first kappa shape index (κ1) is 21.4. The zero-order valence-electron chi connectivity index (χ0n) is 16.3. The van der Waals surface area contributed by atoms with Crippen molar-refractivity contribution in [3.63, 3.8) is 0 Å². The first-order chi connectivity index (χ1) is 13.7. The molecule has 10 heteroatoms. The molecule has 2 heterocycles. The topological polar surface area (TPSA) is 83.7 Å². The number of benzene rings is 1. The van der Waals surface area contributed by atoms with Gasteiger partial charge in [-0.3, -0.25) is 4.79 Å². The third-order valence-electron chi connectivity index (χ3n) is 4.99. The molecule has 3 rings (SSSR count). The van der Waals surface area contributed by atoms with Crippen LogP contribution in [0.5, 0.6) is 0 Å². The molecule has 1 aromatic carbocycles. The van der Waals surface area contributed by atoms with Crippen LogP contribution in [0.2, 0.25) is 0 Å². The van der Waals surface area contributed by atoms with Crippen LogP contribution in [0.15, 0.2) is 27.6 Å². The highest BCUT2D eigenvalue weighted by Crippen LogP contribution is 2.24. The molecule has 0 unspecified atom stereocenters. The number of nitrogens with zero attached hydrogens (tertiary/aromatic N) is 3. The summed E-state index contributed by atoms with van der Waals surface area (Å²) in [6, 6.07) is 3.16. The minimum atomic E-state index is -3.77. The fourth-order valence-corrected chi connectivity index (χ4v) is 5.25. The van der Waals surface area contributed by atoms with E-state index in [1.807, 2.05) is 0 Å². The summed E-state index contributed by atoms with van der Waals surface area (Å²) in [6.45, 7) is 4.17. The van der Waals surface area contributed by atoms with Crippen molar-refractivity contribution in [2.24, 2.45) is 0 Å². The van der Waals surface area contributed by atoms with Crippen LogP contribution >= 0.6 is 0 Å². The lowest BCUT2D eigenvalue weighted by Gasteiger charge is -2.22. The largest absolute Gasteiger partial charge is 0.360 e. The predicted molar refractivity (Wildman–Crippen MR) is 101 cm³/mol. The van der Waals surface area contributed by atoms with E-state index >= 15 is 0 Å². The molecule has 0 N–H and O–H groups in total. The van der Waals surface area contributed by atoms with Gasteiger partial charge in [0.05, 0.1) is 0 Å². The maximum Gasteiger partial charge on any atom is 0.248 e. The summed E-state index contributed by atoms with van der Waals surface area (Å²) in [7, 11) is -3.77. The van der Waals surface area contributed by atoms with Gasteiger partial charge in [-0.2, -0.15) is 4.31 Å². The second kappa shape index (κ2) is 8.58. The van der Waals surface area contributed by atoms with E-state index < -0.39 is 21.7 Å². The fourth-order valence-electron chi connectivity index (χ4n) is 3.49. The molecule has 1 aromatic heterocycles. The number of carbonyl (C=O) groups excluding carboxylic acids is 1. The smallest absolute Gasteiger partial charge is 0.248 e. The molecule has 0 radical (unpaired) electrons. The molecule has 7 nitrogen and oxygen atoms in total. The number of amides is 1. The molecular formula is C19H23F2N3O4S. The van der Waals surface area contributed by atoms with E-state index in [4.69, 9.17) is 4.52 Å². The Hall–Kier alpha value is -2.33. The first-order valence-corrected chi connectivity index (χ1v) is 10.8. The van der Waals surface area contributed by atoms with E-state index in [0.29, 0.717) is 18.7 Å².